The van der Waals surface area contributed by atoms with Crippen molar-refractivity contribution < 1.29 is 0 Å². The van der Waals surface area contributed by atoms with Gasteiger partial charge in [0.2, 0.25) is 0 Å². The van der Waals surface area contributed by atoms with Crippen molar-refractivity contribution in [2.24, 2.45) is 0 Å². The molecule has 0 fully saturated rings. The van der Waals surface area contributed by atoms with E-state index in [1.54, 1.807) is 6.20 Å². The van der Waals surface area contributed by atoms with Crippen LogP contribution in [0.4, 0.5) is 11.6 Å². The third-order valence-electron chi connectivity index (χ3n) is 3.00. The molecule has 0 saturated carbocycles. The Hall–Kier alpha value is -2.08. The van der Waals surface area contributed by atoms with Crippen molar-refractivity contribution in [1.82, 2.24) is 14.4 Å². The van der Waals surface area contributed by atoms with Gasteiger partial charge < -0.3 is 15.0 Å². The number of rotatable bonds is 4. The number of fused-ring (bicyclic) bond motifs is 1. The molecular formula is C14H14BrN5. The zero-order valence-electron chi connectivity index (χ0n) is 11.0. The van der Waals surface area contributed by atoms with E-state index in [0.29, 0.717) is 6.54 Å². The summed E-state index contributed by atoms with van der Waals surface area (Å²) >= 11 is 3.43. The van der Waals surface area contributed by atoms with E-state index in [4.69, 9.17) is 0 Å². The molecule has 0 radical (unpaired) electrons. The van der Waals surface area contributed by atoms with Gasteiger partial charge >= 0.3 is 0 Å². The number of imidazole rings is 1. The first kappa shape index (κ1) is 12.9. The third kappa shape index (κ3) is 2.60. The Morgan fingerprint density at radius 2 is 2.05 bits per heavy atom. The molecule has 0 atom stereocenters. The second-order valence-corrected chi connectivity index (χ2v) is 5.28. The molecule has 20 heavy (non-hydrogen) atoms. The summed E-state index contributed by atoms with van der Waals surface area (Å²) in [5.74, 6) is 1.57. The van der Waals surface area contributed by atoms with E-state index < -0.39 is 0 Å². The molecule has 3 aromatic rings. The Morgan fingerprint density at radius 1 is 1.25 bits per heavy atom. The summed E-state index contributed by atoms with van der Waals surface area (Å²) < 4.78 is 3.02. The Labute approximate surface area is 125 Å². The van der Waals surface area contributed by atoms with Crippen LogP contribution in [0.25, 0.3) is 5.65 Å². The fourth-order valence-corrected chi connectivity index (χ4v) is 2.22. The molecule has 0 aliphatic rings. The lowest BCUT2D eigenvalue weighted by molar-refractivity contribution is 1.07. The highest BCUT2D eigenvalue weighted by Gasteiger charge is 2.06. The maximum atomic E-state index is 4.51. The molecule has 6 heteroatoms. The van der Waals surface area contributed by atoms with Gasteiger partial charge in [0.25, 0.3) is 0 Å². The predicted octanol–water partition coefficient (Wildman–Crippen LogP) is 3.15. The zero-order valence-corrected chi connectivity index (χ0v) is 12.6. The maximum Gasteiger partial charge on any atom is 0.180 e. The monoisotopic (exact) mass is 331 g/mol. The van der Waals surface area contributed by atoms with Crippen LogP contribution < -0.4 is 10.6 Å². The number of halogens is 1. The molecule has 0 saturated heterocycles. The van der Waals surface area contributed by atoms with E-state index >= 15 is 0 Å². The van der Waals surface area contributed by atoms with Crippen LogP contribution in [0.2, 0.25) is 0 Å². The Kier molecular flexibility index (Phi) is 3.56. The van der Waals surface area contributed by atoms with Crippen molar-refractivity contribution >= 4 is 33.2 Å². The van der Waals surface area contributed by atoms with Gasteiger partial charge in [-0.3, -0.25) is 0 Å². The second kappa shape index (κ2) is 5.50. The van der Waals surface area contributed by atoms with Crippen LogP contribution in [0.1, 0.15) is 5.56 Å². The third-order valence-corrected chi connectivity index (χ3v) is 3.53. The Balaban J connectivity index is 1.86. The summed E-state index contributed by atoms with van der Waals surface area (Å²) in [6.45, 7) is 0.704. The highest BCUT2D eigenvalue weighted by molar-refractivity contribution is 9.10. The molecule has 2 heterocycles. The molecule has 102 valence electrons. The molecule has 0 bridgehead atoms. The fraction of sp³-hybridized carbons (Fsp3) is 0.143. The van der Waals surface area contributed by atoms with Crippen molar-refractivity contribution in [1.29, 1.82) is 0 Å². The van der Waals surface area contributed by atoms with Crippen molar-refractivity contribution in [2.75, 3.05) is 17.7 Å². The highest BCUT2D eigenvalue weighted by atomic mass is 79.9. The van der Waals surface area contributed by atoms with E-state index in [1.165, 1.54) is 5.56 Å². The summed E-state index contributed by atoms with van der Waals surface area (Å²) in [4.78, 5) is 8.83. The smallest absolute Gasteiger partial charge is 0.180 e. The summed E-state index contributed by atoms with van der Waals surface area (Å²) in [5, 5.41) is 6.38. The van der Waals surface area contributed by atoms with Crippen LogP contribution in [0.15, 0.2) is 47.3 Å². The quantitative estimate of drug-likeness (QED) is 0.771. The minimum absolute atomic E-state index is 0.704. The lowest BCUT2D eigenvalue weighted by atomic mass is 10.2. The first-order valence-electron chi connectivity index (χ1n) is 6.26. The number of hydrogen-bond donors (Lipinski definition) is 2. The molecular weight excluding hydrogens is 318 g/mol. The van der Waals surface area contributed by atoms with Gasteiger partial charge in [-0.15, -0.1) is 0 Å². The normalized spacial score (nSPS) is 10.7. The Bertz CT molecular complexity index is 720. The van der Waals surface area contributed by atoms with E-state index in [1.807, 2.05) is 36.0 Å². The SMILES string of the molecule is CNc1cn2ccnc2c(NCc2ccc(Br)cc2)n1. The molecule has 2 aromatic heterocycles. The highest BCUT2D eigenvalue weighted by Crippen LogP contribution is 2.17. The molecule has 3 rings (SSSR count). The minimum atomic E-state index is 0.704. The van der Waals surface area contributed by atoms with Crippen LogP contribution in [-0.4, -0.2) is 21.4 Å². The number of aromatic nitrogens is 3. The van der Waals surface area contributed by atoms with E-state index in [2.05, 4.69) is 48.7 Å². The average molecular weight is 332 g/mol. The maximum absolute atomic E-state index is 4.51. The van der Waals surface area contributed by atoms with E-state index in [0.717, 1.165) is 21.8 Å². The number of nitrogens with zero attached hydrogens (tertiary/aromatic N) is 3. The minimum Gasteiger partial charge on any atom is -0.372 e. The van der Waals surface area contributed by atoms with Gasteiger partial charge in [0, 0.05) is 30.5 Å². The number of benzene rings is 1. The van der Waals surface area contributed by atoms with E-state index in [9.17, 15) is 0 Å². The first-order chi connectivity index (χ1) is 9.76. The van der Waals surface area contributed by atoms with Crippen molar-refractivity contribution in [3.63, 3.8) is 0 Å². The van der Waals surface area contributed by atoms with Gasteiger partial charge in [0.15, 0.2) is 11.5 Å². The van der Waals surface area contributed by atoms with Crippen molar-refractivity contribution in [2.45, 2.75) is 6.54 Å². The van der Waals surface area contributed by atoms with Crippen LogP contribution in [-0.2, 0) is 6.54 Å². The van der Waals surface area contributed by atoms with Gasteiger partial charge in [-0.25, -0.2) is 9.97 Å². The predicted molar refractivity (Wildman–Crippen MR) is 84.0 cm³/mol. The molecule has 0 unspecified atom stereocenters. The molecule has 5 nitrogen and oxygen atoms in total. The fourth-order valence-electron chi connectivity index (χ4n) is 1.96. The summed E-state index contributed by atoms with van der Waals surface area (Å²) in [6, 6.07) is 8.20. The van der Waals surface area contributed by atoms with Gasteiger partial charge in [-0.1, -0.05) is 28.1 Å². The van der Waals surface area contributed by atoms with Crippen LogP contribution in [0, 0.1) is 0 Å². The molecule has 0 spiro atoms. The van der Waals surface area contributed by atoms with Crippen LogP contribution in [0.3, 0.4) is 0 Å². The summed E-state index contributed by atoms with van der Waals surface area (Å²) in [5.41, 5.74) is 2.01. The summed E-state index contributed by atoms with van der Waals surface area (Å²) in [7, 11) is 1.85. The van der Waals surface area contributed by atoms with Crippen molar-refractivity contribution in [3.05, 3.63) is 52.9 Å². The standard InChI is InChI=1S/C14H14BrN5/c1-16-12-9-20-7-6-17-14(20)13(19-12)18-8-10-2-4-11(15)5-3-10/h2-7,9,16H,8H2,1H3,(H,18,19). The largest absolute Gasteiger partial charge is 0.372 e. The van der Waals surface area contributed by atoms with Crippen LogP contribution >= 0.6 is 15.9 Å². The summed E-state index contributed by atoms with van der Waals surface area (Å²) in [6.07, 6.45) is 5.58. The molecule has 1 aromatic carbocycles. The topological polar surface area (TPSA) is 54.2 Å². The first-order valence-corrected chi connectivity index (χ1v) is 7.05. The van der Waals surface area contributed by atoms with Crippen LogP contribution in [0.5, 0.6) is 0 Å². The van der Waals surface area contributed by atoms with Crippen molar-refractivity contribution in [3.8, 4) is 0 Å². The van der Waals surface area contributed by atoms with Gasteiger partial charge in [0.1, 0.15) is 5.82 Å². The van der Waals surface area contributed by atoms with Gasteiger partial charge in [-0.05, 0) is 17.7 Å². The number of nitrogens with one attached hydrogen (secondary N) is 2. The molecule has 2 N–H and O–H groups in total. The van der Waals surface area contributed by atoms with E-state index in [-0.39, 0.29) is 0 Å². The number of hydrogen-bond acceptors (Lipinski definition) is 4. The van der Waals surface area contributed by atoms with Gasteiger partial charge in [0.05, 0.1) is 6.20 Å². The molecule has 0 amide bonds. The Morgan fingerprint density at radius 3 is 2.80 bits per heavy atom. The lowest BCUT2D eigenvalue weighted by Gasteiger charge is -2.09. The van der Waals surface area contributed by atoms with Gasteiger partial charge in [-0.2, -0.15) is 0 Å². The molecule has 0 aliphatic heterocycles. The second-order valence-electron chi connectivity index (χ2n) is 4.36. The average Bonchev–Trinajstić information content (AvgIpc) is 2.94. The lowest BCUT2D eigenvalue weighted by Crippen LogP contribution is -2.06. The molecule has 0 aliphatic carbocycles. The zero-order chi connectivity index (χ0) is 13.9. The number of anilines is 2.